The molecule has 2 heteroatoms. The van der Waals surface area contributed by atoms with Crippen molar-refractivity contribution in [2.24, 2.45) is 0 Å². The Bertz CT molecular complexity index is 80.9. The van der Waals surface area contributed by atoms with Crippen molar-refractivity contribution in [3.05, 3.63) is 5.32 Å². The topological polar surface area (TPSA) is 14.1 Å². The minimum absolute atomic E-state index is 0. The summed E-state index contributed by atoms with van der Waals surface area (Å²) >= 11 is 0. The average Bonchev–Trinajstić information content (AvgIpc) is 2.12. The van der Waals surface area contributed by atoms with Gasteiger partial charge in [0.25, 0.3) is 0 Å². The Morgan fingerprint density at radius 2 is 1.44 bits per heavy atom. The maximum absolute atomic E-state index is 4.59. The van der Waals surface area contributed by atoms with Gasteiger partial charge in [0.2, 0.25) is 0 Å². The van der Waals surface area contributed by atoms with Crippen LogP contribution >= 0.6 is 0 Å². The smallest absolute Gasteiger partial charge is 0 e. The molecule has 1 nitrogen and oxygen atoms in total. The molecule has 1 radical (unpaired) electrons. The van der Waals surface area contributed by atoms with Crippen molar-refractivity contribution in [2.75, 3.05) is 0 Å². The predicted molar refractivity (Wildman–Crippen MR) is 34.0 cm³/mol. The Morgan fingerprint density at radius 3 is 1.89 bits per heavy atom. The van der Waals surface area contributed by atoms with Crippen molar-refractivity contribution in [3.8, 4) is 0 Å². The second kappa shape index (κ2) is 3.09. The first-order valence-corrected chi connectivity index (χ1v) is 3.65. The molecule has 0 aliphatic carbocycles. The van der Waals surface area contributed by atoms with Crippen LogP contribution in [0.3, 0.4) is 0 Å². The molecule has 2 aliphatic rings. The molecule has 0 unspecified atom stereocenters. The molecule has 2 aliphatic heterocycles. The van der Waals surface area contributed by atoms with Crippen molar-refractivity contribution in [2.45, 2.75) is 44.2 Å². The van der Waals surface area contributed by atoms with Crippen LogP contribution in [-0.4, -0.2) is 12.1 Å². The molecule has 51 valence electrons. The van der Waals surface area contributed by atoms with Gasteiger partial charge < -0.3 is 5.32 Å². The quantitative estimate of drug-likeness (QED) is 0.516. The van der Waals surface area contributed by atoms with Gasteiger partial charge in [0.1, 0.15) is 0 Å². The average molecular weight is 161 g/mol. The molecule has 2 atom stereocenters. The molecular formula is C7H12NV-. The second-order valence-electron chi connectivity index (χ2n) is 2.96. The summed E-state index contributed by atoms with van der Waals surface area (Å²) in [5, 5.41) is 4.59. The molecule has 0 aromatic rings. The van der Waals surface area contributed by atoms with Gasteiger partial charge in [-0.25, -0.2) is 0 Å². The summed E-state index contributed by atoms with van der Waals surface area (Å²) in [4.78, 5) is 0. The van der Waals surface area contributed by atoms with E-state index in [0.717, 1.165) is 12.1 Å². The normalized spacial score (nSPS) is 40.0. The molecule has 0 spiro atoms. The summed E-state index contributed by atoms with van der Waals surface area (Å²) < 4.78 is 0. The van der Waals surface area contributed by atoms with E-state index in [-0.39, 0.29) is 18.6 Å². The largest absolute Gasteiger partial charge is 0.657 e. The second-order valence-corrected chi connectivity index (χ2v) is 2.96. The van der Waals surface area contributed by atoms with E-state index < -0.39 is 0 Å². The van der Waals surface area contributed by atoms with Crippen LogP contribution < -0.4 is 0 Å². The number of hydrogen-bond acceptors (Lipinski definition) is 0. The minimum atomic E-state index is 0. The third kappa shape index (κ3) is 1.51. The van der Waals surface area contributed by atoms with Crippen molar-refractivity contribution < 1.29 is 18.6 Å². The number of hydrogen-bond donors (Lipinski definition) is 0. The summed E-state index contributed by atoms with van der Waals surface area (Å²) in [6, 6.07) is 1.57. The Labute approximate surface area is 68.5 Å². The fourth-order valence-electron chi connectivity index (χ4n) is 1.86. The third-order valence-electron chi connectivity index (χ3n) is 2.33. The van der Waals surface area contributed by atoms with Gasteiger partial charge in [-0.05, 0) is 0 Å². The molecule has 2 saturated heterocycles. The molecule has 0 aromatic heterocycles. The number of nitrogens with zero attached hydrogens (tertiary/aromatic N) is 1. The molecule has 0 aromatic carbocycles. The summed E-state index contributed by atoms with van der Waals surface area (Å²) in [6.07, 6.45) is 7.00. The Hall–Kier alpha value is 0.544. The van der Waals surface area contributed by atoms with E-state index in [9.17, 15) is 0 Å². The maximum atomic E-state index is 4.59. The molecule has 2 rings (SSSR count). The molecule has 0 N–H and O–H groups in total. The van der Waals surface area contributed by atoms with Gasteiger partial charge in [0.15, 0.2) is 0 Å². The van der Waals surface area contributed by atoms with Gasteiger partial charge in [0.05, 0.1) is 0 Å². The van der Waals surface area contributed by atoms with E-state index in [0.29, 0.717) is 0 Å². The van der Waals surface area contributed by atoms with Gasteiger partial charge in [-0.2, -0.15) is 0 Å². The van der Waals surface area contributed by atoms with E-state index in [4.69, 9.17) is 0 Å². The Kier molecular flexibility index (Phi) is 2.63. The summed E-state index contributed by atoms with van der Waals surface area (Å²) in [5.74, 6) is 0. The van der Waals surface area contributed by atoms with Crippen molar-refractivity contribution in [3.63, 3.8) is 0 Å². The number of fused-ring (bicyclic) bond motifs is 2. The van der Waals surface area contributed by atoms with Crippen LogP contribution in [0.2, 0.25) is 0 Å². The first kappa shape index (κ1) is 7.65. The third-order valence-corrected chi connectivity index (χ3v) is 2.33. The van der Waals surface area contributed by atoms with Crippen molar-refractivity contribution >= 4 is 0 Å². The van der Waals surface area contributed by atoms with Gasteiger partial charge in [0, 0.05) is 18.6 Å². The van der Waals surface area contributed by atoms with Crippen LogP contribution in [0.15, 0.2) is 0 Å². The zero-order chi connectivity index (χ0) is 5.40. The van der Waals surface area contributed by atoms with E-state index in [1.807, 2.05) is 0 Å². The van der Waals surface area contributed by atoms with Gasteiger partial charge in [-0.3, -0.25) is 0 Å². The monoisotopic (exact) mass is 161 g/mol. The molecule has 9 heavy (non-hydrogen) atoms. The fraction of sp³-hybridized carbons (Fsp3) is 1.00. The summed E-state index contributed by atoms with van der Waals surface area (Å²) in [6.45, 7) is 0. The number of piperidine rings is 1. The van der Waals surface area contributed by atoms with Gasteiger partial charge >= 0.3 is 0 Å². The van der Waals surface area contributed by atoms with Crippen LogP contribution in [0.5, 0.6) is 0 Å². The van der Waals surface area contributed by atoms with Crippen molar-refractivity contribution in [1.82, 2.24) is 0 Å². The molecule has 2 fully saturated rings. The maximum Gasteiger partial charge on any atom is 0 e. The van der Waals surface area contributed by atoms with Gasteiger partial charge in [-0.1, -0.05) is 32.1 Å². The standard InChI is InChI=1S/C7H12N.V/c1-2-6-4-5-7(3-1)8-6;/h6-7H,1-5H2;/q-1;/t6-,7+;. The molecule has 2 bridgehead atoms. The minimum Gasteiger partial charge on any atom is -0.657 e. The van der Waals surface area contributed by atoms with E-state index in [1.165, 1.54) is 32.1 Å². The fourth-order valence-corrected chi connectivity index (χ4v) is 1.86. The molecule has 0 saturated carbocycles. The van der Waals surface area contributed by atoms with Crippen molar-refractivity contribution in [1.29, 1.82) is 0 Å². The van der Waals surface area contributed by atoms with E-state index >= 15 is 0 Å². The zero-order valence-corrected chi connectivity index (χ0v) is 6.98. The van der Waals surface area contributed by atoms with Crippen LogP contribution in [0.1, 0.15) is 32.1 Å². The first-order chi connectivity index (χ1) is 3.95. The van der Waals surface area contributed by atoms with Crippen LogP contribution in [0.25, 0.3) is 5.32 Å². The van der Waals surface area contributed by atoms with Crippen LogP contribution in [0, 0.1) is 0 Å². The molecular weight excluding hydrogens is 149 g/mol. The Balaban J connectivity index is 0.000000405. The van der Waals surface area contributed by atoms with Crippen LogP contribution in [-0.2, 0) is 18.6 Å². The van der Waals surface area contributed by atoms with Crippen LogP contribution in [0.4, 0.5) is 0 Å². The Morgan fingerprint density at radius 1 is 0.889 bits per heavy atom. The SMILES string of the molecule is C1C[C@@H]2CC[C@H](C1)[N-]2.[V]. The van der Waals surface area contributed by atoms with E-state index in [1.54, 1.807) is 0 Å². The molecule has 0 amide bonds. The van der Waals surface area contributed by atoms with Gasteiger partial charge in [-0.15, -0.1) is 12.1 Å². The first-order valence-electron chi connectivity index (χ1n) is 3.65. The predicted octanol–water partition coefficient (Wildman–Crippen LogP) is 2.07. The molecule has 2 heterocycles. The summed E-state index contributed by atoms with van der Waals surface area (Å²) in [5.41, 5.74) is 0. The van der Waals surface area contributed by atoms with E-state index in [2.05, 4.69) is 5.32 Å². The number of rotatable bonds is 0. The zero-order valence-electron chi connectivity index (χ0n) is 5.58. The summed E-state index contributed by atoms with van der Waals surface area (Å²) in [7, 11) is 0.